The van der Waals surface area contributed by atoms with Crippen LogP contribution in [0.1, 0.15) is 35.7 Å². The summed E-state index contributed by atoms with van der Waals surface area (Å²) in [6.07, 6.45) is 0.946. The van der Waals surface area contributed by atoms with E-state index < -0.39 is 0 Å². The molecule has 5 heteroatoms. The van der Waals surface area contributed by atoms with Gasteiger partial charge in [0.15, 0.2) is 5.78 Å². The summed E-state index contributed by atoms with van der Waals surface area (Å²) in [7, 11) is 0. The predicted molar refractivity (Wildman–Crippen MR) is 118 cm³/mol. The number of hydrogen-bond donors (Lipinski definition) is 1. The zero-order valence-corrected chi connectivity index (χ0v) is 17.2. The Kier molecular flexibility index (Phi) is 7.22. The predicted octanol–water partition coefficient (Wildman–Crippen LogP) is 5.79. The van der Waals surface area contributed by atoms with E-state index in [0.717, 1.165) is 17.0 Å². The molecule has 0 aliphatic heterocycles. The third-order valence-corrected chi connectivity index (χ3v) is 4.44. The van der Waals surface area contributed by atoms with Crippen LogP contribution in [0.3, 0.4) is 0 Å². The second-order valence-corrected chi connectivity index (χ2v) is 7.02. The van der Waals surface area contributed by atoms with Gasteiger partial charge in [0.25, 0.3) is 0 Å². The van der Waals surface area contributed by atoms with Crippen molar-refractivity contribution in [1.29, 1.82) is 0 Å². The van der Waals surface area contributed by atoms with E-state index >= 15 is 0 Å². The van der Waals surface area contributed by atoms with Gasteiger partial charge in [-0.2, -0.15) is 0 Å². The number of rotatable bonds is 9. The van der Waals surface area contributed by atoms with Crippen LogP contribution in [0.2, 0.25) is 0 Å². The Morgan fingerprint density at radius 2 is 1.57 bits per heavy atom. The maximum absolute atomic E-state index is 12.1. The van der Waals surface area contributed by atoms with Gasteiger partial charge in [0.05, 0.1) is 6.61 Å². The van der Waals surface area contributed by atoms with Crippen LogP contribution in [0.4, 0.5) is 5.69 Å². The van der Waals surface area contributed by atoms with Gasteiger partial charge in [-0.05, 0) is 86.5 Å². The van der Waals surface area contributed by atoms with E-state index in [9.17, 15) is 9.59 Å². The second-order valence-electron chi connectivity index (χ2n) is 7.02. The Hall–Kier alpha value is -3.60. The molecule has 3 aromatic rings. The number of hydrogen-bond acceptors (Lipinski definition) is 4. The van der Waals surface area contributed by atoms with Gasteiger partial charge < -0.3 is 14.8 Å². The van der Waals surface area contributed by atoms with Crippen molar-refractivity contribution in [2.24, 2.45) is 0 Å². The lowest BCUT2D eigenvalue weighted by molar-refractivity contribution is -0.116. The Bertz CT molecular complexity index is 994. The van der Waals surface area contributed by atoms with Crippen molar-refractivity contribution in [2.75, 3.05) is 11.9 Å². The molecular weight excluding hydrogens is 378 g/mol. The molecule has 0 atom stereocenters. The van der Waals surface area contributed by atoms with Crippen LogP contribution in [0.5, 0.6) is 17.2 Å². The molecule has 5 nitrogen and oxygen atoms in total. The number of aryl methyl sites for hydroxylation is 1. The smallest absolute Gasteiger partial charge is 0.224 e. The first kappa shape index (κ1) is 21.1. The fourth-order valence-corrected chi connectivity index (χ4v) is 2.85. The van der Waals surface area contributed by atoms with Crippen LogP contribution >= 0.6 is 0 Å². The van der Waals surface area contributed by atoms with Crippen LogP contribution in [-0.2, 0) is 4.79 Å². The van der Waals surface area contributed by atoms with E-state index in [2.05, 4.69) is 5.32 Å². The minimum Gasteiger partial charge on any atom is -0.494 e. The van der Waals surface area contributed by atoms with Crippen LogP contribution in [0, 0.1) is 6.92 Å². The lowest BCUT2D eigenvalue weighted by atomic mass is 10.1. The Labute approximate surface area is 176 Å². The van der Waals surface area contributed by atoms with Gasteiger partial charge in [0.1, 0.15) is 17.2 Å². The maximum Gasteiger partial charge on any atom is 0.224 e. The molecule has 3 rings (SSSR count). The summed E-state index contributed by atoms with van der Waals surface area (Å²) in [4.78, 5) is 23.4. The molecule has 30 heavy (non-hydrogen) atoms. The van der Waals surface area contributed by atoms with E-state index in [1.54, 1.807) is 24.3 Å². The van der Waals surface area contributed by atoms with Crippen molar-refractivity contribution in [2.45, 2.75) is 26.7 Å². The Balaban J connectivity index is 1.39. The lowest BCUT2D eigenvalue weighted by Gasteiger charge is -2.09. The molecule has 0 fully saturated rings. The summed E-state index contributed by atoms with van der Waals surface area (Å²) in [5.74, 6) is 2.13. The van der Waals surface area contributed by atoms with Gasteiger partial charge in [-0.25, -0.2) is 0 Å². The molecule has 0 aromatic heterocycles. The lowest BCUT2D eigenvalue weighted by Crippen LogP contribution is -2.12. The van der Waals surface area contributed by atoms with Crippen LogP contribution < -0.4 is 14.8 Å². The number of anilines is 1. The molecule has 0 saturated heterocycles. The topological polar surface area (TPSA) is 64.6 Å². The second kappa shape index (κ2) is 10.3. The number of ketones is 1. The van der Waals surface area contributed by atoms with Gasteiger partial charge in [-0.1, -0.05) is 12.1 Å². The fraction of sp³-hybridized carbons (Fsp3) is 0.200. The molecule has 0 bridgehead atoms. The van der Waals surface area contributed by atoms with Crippen LogP contribution in [0.25, 0.3) is 0 Å². The average molecular weight is 403 g/mol. The Morgan fingerprint density at radius 1 is 0.867 bits per heavy atom. The van der Waals surface area contributed by atoms with Crippen molar-refractivity contribution in [1.82, 2.24) is 0 Å². The van der Waals surface area contributed by atoms with Crippen molar-refractivity contribution in [3.8, 4) is 17.2 Å². The zero-order chi connectivity index (χ0) is 21.3. The molecule has 0 radical (unpaired) electrons. The Morgan fingerprint density at radius 3 is 2.23 bits per heavy atom. The van der Waals surface area contributed by atoms with Crippen LogP contribution in [-0.4, -0.2) is 18.3 Å². The number of carbonyl (C=O) groups excluding carboxylic acids is 2. The van der Waals surface area contributed by atoms with Gasteiger partial charge in [0.2, 0.25) is 5.91 Å². The first-order valence-corrected chi connectivity index (χ1v) is 9.88. The normalized spacial score (nSPS) is 10.3. The van der Waals surface area contributed by atoms with E-state index in [1.807, 2.05) is 55.5 Å². The average Bonchev–Trinajstić information content (AvgIpc) is 2.73. The minimum atomic E-state index is -0.0714. The zero-order valence-electron chi connectivity index (χ0n) is 17.2. The first-order chi connectivity index (χ1) is 14.5. The number of amides is 1. The van der Waals surface area contributed by atoms with E-state index in [4.69, 9.17) is 9.47 Å². The fourth-order valence-electron chi connectivity index (χ4n) is 2.85. The highest BCUT2D eigenvalue weighted by Gasteiger charge is 2.05. The summed E-state index contributed by atoms with van der Waals surface area (Å²) >= 11 is 0. The third-order valence-electron chi connectivity index (χ3n) is 4.44. The van der Waals surface area contributed by atoms with Crippen LogP contribution in [0.15, 0.2) is 72.8 Å². The third kappa shape index (κ3) is 6.48. The minimum absolute atomic E-state index is 0.0213. The number of ether oxygens (including phenoxy) is 2. The van der Waals surface area contributed by atoms with Gasteiger partial charge in [-0.15, -0.1) is 0 Å². The van der Waals surface area contributed by atoms with E-state index in [0.29, 0.717) is 36.5 Å². The molecule has 0 unspecified atom stereocenters. The number of carbonyl (C=O) groups is 2. The molecule has 0 aliphatic carbocycles. The number of Topliss-reactive ketones (excluding diaryl/α,β-unsaturated/α-hetero) is 1. The van der Waals surface area contributed by atoms with Gasteiger partial charge >= 0.3 is 0 Å². The summed E-state index contributed by atoms with van der Waals surface area (Å²) in [5, 5.41) is 2.87. The largest absolute Gasteiger partial charge is 0.494 e. The van der Waals surface area contributed by atoms with Crippen molar-refractivity contribution in [3.63, 3.8) is 0 Å². The van der Waals surface area contributed by atoms with Crippen molar-refractivity contribution in [3.05, 3.63) is 83.9 Å². The van der Waals surface area contributed by atoms with E-state index in [-0.39, 0.29) is 11.7 Å². The summed E-state index contributed by atoms with van der Waals surface area (Å²) in [6, 6.07) is 22.1. The molecular formula is C25H25NO4. The summed E-state index contributed by atoms with van der Waals surface area (Å²) < 4.78 is 11.4. The molecule has 1 amide bonds. The van der Waals surface area contributed by atoms with Gasteiger partial charge in [-0.3, -0.25) is 9.59 Å². The molecule has 0 spiro atoms. The highest BCUT2D eigenvalue weighted by Crippen LogP contribution is 2.23. The highest BCUT2D eigenvalue weighted by atomic mass is 16.5. The maximum atomic E-state index is 12.1. The number of benzene rings is 3. The SMILES string of the molecule is CC(=O)c1ccc(OCCCC(=O)Nc2ccc(Oc3cccc(C)c3)cc2)cc1. The molecule has 1 N–H and O–H groups in total. The first-order valence-electron chi connectivity index (χ1n) is 9.88. The van der Waals surface area contributed by atoms with Crippen molar-refractivity contribution >= 4 is 17.4 Å². The molecule has 154 valence electrons. The molecule has 0 aliphatic rings. The number of nitrogens with one attached hydrogen (secondary N) is 1. The standard InChI is InChI=1S/C25H25NO4/c1-18-5-3-6-24(17-18)30-23-14-10-21(11-15-23)26-25(28)7-4-16-29-22-12-8-20(9-13-22)19(2)27/h3,5-6,8-15,17H,4,7,16H2,1-2H3,(H,26,28). The summed E-state index contributed by atoms with van der Waals surface area (Å²) in [6.45, 7) is 3.97. The molecule has 0 saturated carbocycles. The van der Waals surface area contributed by atoms with Gasteiger partial charge in [0, 0.05) is 17.7 Å². The van der Waals surface area contributed by atoms with Crippen molar-refractivity contribution < 1.29 is 19.1 Å². The highest BCUT2D eigenvalue weighted by molar-refractivity contribution is 5.94. The molecule has 3 aromatic carbocycles. The van der Waals surface area contributed by atoms with E-state index in [1.165, 1.54) is 6.92 Å². The quantitative estimate of drug-likeness (QED) is 0.363. The summed E-state index contributed by atoms with van der Waals surface area (Å²) in [5.41, 5.74) is 2.50. The monoisotopic (exact) mass is 403 g/mol. The molecule has 0 heterocycles.